The molecule has 1 saturated heterocycles. The van der Waals surface area contributed by atoms with Crippen LogP contribution in [0, 0.1) is 0 Å². The first kappa shape index (κ1) is 20.8. The topological polar surface area (TPSA) is 58.6 Å². The van der Waals surface area contributed by atoms with Gasteiger partial charge < -0.3 is 10.1 Å². The van der Waals surface area contributed by atoms with Gasteiger partial charge in [0.05, 0.1) is 12.0 Å². The zero-order valence-electron chi connectivity index (χ0n) is 15.8. The number of benzene rings is 2. The standard InChI is InChI=1S/C22H20N2O3S2/c1-27-18-12-10-17(11-13-18)23-20(25)14-15-24-21(26)19(29-22(24)28)9-5-8-16-6-3-2-4-7-16/h2-13H,14-15H2,1H3,(H,23,25). The lowest BCUT2D eigenvalue weighted by molar-refractivity contribution is -0.122. The SMILES string of the molecule is COc1ccc(NC(=O)CCN2C(=O)C(=CC=Cc3ccccc3)SC2=S)cc1. The van der Waals surface area contributed by atoms with E-state index in [4.69, 9.17) is 17.0 Å². The van der Waals surface area contributed by atoms with Crippen molar-refractivity contribution in [2.24, 2.45) is 0 Å². The number of methoxy groups -OCH3 is 1. The maximum Gasteiger partial charge on any atom is 0.266 e. The minimum atomic E-state index is -0.183. The molecule has 0 saturated carbocycles. The van der Waals surface area contributed by atoms with Crippen molar-refractivity contribution in [2.75, 3.05) is 19.0 Å². The van der Waals surface area contributed by atoms with Crippen molar-refractivity contribution in [3.63, 3.8) is 0 Å². The summed E-state index contributed by atoms with van der Waals surface area (Å²) in [6.45, 7) is 0.242. The smallest absolute Gasteiger partial charge is 0.266 e. The number of nitrogens with one attached hydrogen (secondary N) is 1. The maximum atomic E-state index is 12.6. The number of hydrogen-bond donors (Lipinski definition) is 1. The third-order valence-electron chi connectivity index (χ3n) is 4.15. The Morgan fingerprint density at radius 2 is 1.90 bits per heavy atom. The Kier molecular flexibility index (Phi) is 7.21. The highest BCUT2D eigenvalue weighted by atomic mass is 32.2. The van der Waals surface area contributed by atoms with Crippen molar-refractivity contribution >= 4 is 51.9 Å². The molecule has 1 heterocycles. The van der Waals surface area contributed by atoms with Crippen LogP contribution in [0.2, 0.25) is 0 Å². The molecule has 1 aliphatic rings. The highest BCUT2D eigenvalue weighted by Crippen LogP contribution is 2.31. The van der Waals surface area contributed by atoms with Crippen molar-refractivity contribution in [3.05, 3.63) is 77.2 Å². The van der Waals surface area contributed by atoms with Gasteiger partial charge in [0.1, 0.15) is 10.1 Å². The average molecular weight is 425 g/mol. The number of rotatable bonds is 7. The maximum absolute atomic E-state index is 12.6. The number of anilines is 1. The van der Waals surface area contributed by atoms with E-state index >= 15 is 0 Å². The quantitative estimate of drug-likeness (QED) is 0.525. The van der Waals surface area contributed by atoms with Gasteiger partial charge in [-0.25, -0.2) is 0 Å². The molecule has 0 radical (unpaired) electrons. The fraction of sp³-hybridized carbons (Fsp3) is 0.136. The van der Waals surface area contributed by atoms with Crippen LogP contribution in [0.5, 0.6) is 5.75 Å². The molecule has 2 aromatic rings. The minimum Gasteiger partial charge on any atom is -0.497 e. The van der Waals surface area contributed by atoms with E-state index < -0.39 is 0 Å². The van der Waals surface area contributed by atoms with Gasteiger partial charge in [0, 0.05) is 18.7 Å². The molecule has 1 N–H and O–H groups in total. The first-order valence-electron chi connectivity index (χ1n) is 8.98. The van der Waals surface area contributed by atoms with Crippen LogP contribution in [-0.4, -0.2) is 34.7 Å². The number of ether oxygens (including phenoxy) is 1. The minimum absolute atomic E-state index is 0.158. The van der Waals surface area contributed by atoms with Crippen molar-refractivity contribution in [2.45, 2.75) is 6.42 Å². The van der Waals surface area contributed by atoms with Gasteiger partial charge in [-0.3, -0.25) is 14.5 Å². The third kappa shape index (κ3) is 5.79. The Balaban J connectivity index is 1.53. The van der Waals surface area contributed by atoms with Gasteiger partial charge in [-0.05, 0) is 35.9 Å². The molecule has 0 spiro atoms. The molecular weight excluding hydrogens is 404 g/mol. The van der Waals surface area contributed by atoms with Crippen molar-refractivity contribution in [3.8, 4) is 5.75 Å². The summed E-state index contributed by atoms with van der Waals surface area (Å²) >= 11 is 6.55. The Bertz CT molecular complexity index is 954. The van der Waals surface area contributed by atoms with E-state index in [0.717, 1.165) is 5.56 Å². The normalized spacial score (nSPS) is 15.3. The lowest BCUT2D eigenvalue weighted by Crippen LogP contribution is -2.31. The molecule has 3 rings (SSSR count). The summed E-state index contributed by atoms with van der Waals surface area (Å²) in [4.78, 5) is 26.8. The highest BCUT2D eigenvalue weighted by Gasteiger charge is 2.31. The Morgan fingerprint density at radius 3 is 2.59 bits per heavy atom. The second kappa shape index (κ2) is 10.0. The second-order valence-corrected chi connectivity index (χ2v) is 7.83. The predicted molar refractivity (Wildman–Crippen MR) is 122 cm³/mol. The number of allylic oxidation sites excluding steroid dienone is 2. The lowest BCUT2D eigenvalue weighted by Gasteiger charge is -2.14. The summed E-state index contributed by atoms with van der Waals surface area (Å²) in [5, 5.41) is 2.80. The predicted octanol–water partition coefficient (Wildman–Crippen LogP) is 4.48. The van der Waals surface area contributed by atoms with Gasteiger partial charge >= 0.3 is 0 Å². The van der Waals surface area contributed by atoms with Gasteiger partial charge in [0.2, 0.25) is 5.91 Å². The first-order chi connectivity index (χ1) is 14.1. The second-order valence-electron chi connectivity index (χ2n) is 6.15. The zero-order chi connectivity index (χ0) is 20.6. The number of thioether (sulfide) groups is 1. The van der Waals surface area contributed by atoms with Crippen LogP contribution in [0.1, 0.15) is 12.0 Å². The van der Waals surface area contributed by atoms with Gasteiger partial charge in [-0.1, -0.05) is 66.5 Å². The molecule has 1 fully saturated rings. The van der Waals surface area contributed by atoms with Crippen LogP contribution in [0.3, 0.4) is 0 Å². The molecule has 5 nitrogen and oxygen atoms in total. The summed E-state index contributed by atoms with van der Waals surface area (Å²) in [6.07, 6.45) is 5.67. The first-order valence-corrected chi connectivity index (χ1v) is 10.2. The van der Waals surface area contributed by atoms with E-state index in [0.29, 0.717) is 20.7 Å². The van der Waals surface area contributed by atoms with E-state index in [-0.39, 0.29) is 24.8 Å². The van der Waals surface area contributed by atoms with Crippen molar-refractivity contribution in [1.29, 1.82) is 0 Å². The summed E-state index contributed by atoms with van der Waals surface area (Å²) < 4.78 is 5.56. The third-order valence-corrected chi connectivity index (χ3v) is 5.54. The molecule has 148 valence electrons. The van der Waals surface area contributed by atoms with Crippen molar-refractivity contribution < 1.29 is 14.3 Å². The Morgan fingerprint density at radius 1 is 1.17 bits per heavy atom. The Labute approximate surface area is 179 Å². The number of amides is 2. The fourth-order valence-corrected chi connectivity index (χ4v) is 3.89. The average Bonchev–Trinajstić information content (AvgIpc) is 3.00. The number of carbonyl (C=O) groups excluding carboxylic acids is 2. The van der Waals surface area contributed by atoms with Crippen LogP contribution in [0.15, 0.2) is 71.7 Å². The Hall–Kier alpha value is -2.90. The molecule has 2 amide bonds. The van der Waals surface area contributed by atoms with E-state index in [9.17, 15) is 9.59 Å². The molecule has 7 heteroatoms. The van der Waals surface area contributed by atoms with Crippen LogP contribution in [-0.2, 0) is 9.59 Å². The number of thiocarbonyl (C=S) groups is 1. The summed E-state index contributed by atoms with van der Waals surface area (Å²) in [5.74, 6) is 0.362. The summed E-state index contributed by atoms with van der Waals surface area (Å²) in [5.41, 5.74) is 1.72. The van der Waals surface area contributed by atoms with Crippen LogP contribution in [0.4, 0.5) is 5.69 Å². The number of carbonyl (C=O) groups is 2. The van der Waals surface area contributed by atoms with E-state index in [2.05, 4.69) is 5.32 Å². The molecule has 2 aromatic carbocycles. The molecule has 0 atom stereocenters. The van der Waals surface area contributed by atoms with Crippen molar-refractivity contribution in [1.82, 2.24) is 4.90 Å². The molecule has 0 aromatic heterocycles. The lowest BCUT2D eigenvalue weighted by atomic mass is 10.2. The summed E-state index contributed by atoms with van der Waals surface area (Å²) in [7, 11) is 1.59. The van der Waals surface area contributed by atoms with Crippen LogP contribution >= 0.6 is 24.0 Å². The molecular formula is C22H20N2O3S2. The molecule has 0 bridgehead atoms. The monoisotopic (exact) mass is 424 g/mol. The summed E-state index contributed by atoms with van der Waals surface area (Å²) in [6, 6.07) is 16.9. The molecule has 0 unspecified atom stereocenters. The number of nitrogens with zero attached hydrogens (tertiary/aromatic N) is 1. The van der Waals surface area contributed by atoms with E-state index in [1.807, 2.05) is 42.5 Å². The van der Waals surface area contributed by atoms with Gasteiger partial charge in [0.15, 0.2) is 0 Å². The van der Waals surface area contributed by atoms with Gasteiger partial charge in [-0.2, -0.15) is 0 Å². The highest BCUT2D eigenvalue weighted by molar-refractivity contribution is 8.26. The van der Waals surface area contributed by atoms with Crippen LogP contribution < -0.4 is 10.1 Å². The largest absolute Gasteiger partial charge is 0.497 e. The molecule has 1 aliphatic heterocycles. The van der Waals surface area contributed by atoms with Crippen LogP contribution in [0.25, 0.3) is 6.08 Å². The number of hydrogen-bond acceptors (Lipinski definition) is 5. The van der Waals surface area contributed by atoms with Gasteiger partial charge in [-0.15, -0.1) is 0 Å². The fourth-order valence-electron chi connectivity index (χ4n) is 2.63. The molecule has 29 heavy (non-hydrogen) atoms. The van der Waals surface area contributed by atoms with E-state index in [1.54, 1.807) is 37.5 Å². The molecule has 0 aliphatic carbocycles. The van der Waals surface area contributed by atoms with E-state index in [1.165, 1.54) is 16.7 Å². The zero-order valence-corrected chi connectivity index (χ0v) is 17.5. The van der Waals surface area contributed by atoms with Gasteiger partial charge in [0.25, 0.3) is 5.91 Å².